The largest absolute Gasteiger partial charge is 0.489 e. The molecule has 1 unspecified atom stereocenters. The molecule has 1 aromatic heterocycles. The lowest BCUT2D eigenvalue weighted by Crippen LogP contribution is -2.32. The first-order chi connectivity index (χ1) is 15.9. The first-order valence-corrected chi connectivity index (χ1v) is 12.9. The van der Waals surface area contributed by atoms with Gasteiger partial charge < -0.3 is 25.0 Å². The van der Waals surface area contributed by atoms with E-state index >= 15 is 0 Å². The average Bonchev–Trinajstić information content (AvgIpc) is 3.23. The number of halogens is 3. The van der Waals surface area contributed by atoms with Crippen LogP contribution in [0.1, 0.15) is 13.8 Å². The molecule has 0 aliphatic rings. The number of nitrogens with two attached hydrogens (primary N) is 1. The summed E-state index contributed by atoms with van der Waals surface area (Å²) in [6.45, 7) is 3.07. The smallest absolute Gasteiger partial charge is 0.469 e. The van der Waals surface area contributed by atoms with Crippen LogP contribution in [-0.2, 0) is 9.09 Å². The summed E-state index contributed by atoms with van der Waals surface area (Å²) >= 11 is 13.8. The lowest BCUT2D eigenvalue weighted by molar-refractivity contribution is 0.164. The minimum absolute atomic E-state index is 0.0238. The topological polar surface area (TPSA) is 137 Å². The third-order valence-corrected chi connectivity index (χ3v) is 6.23. The molecule has 0 aliphatic heterocycles. The van der Waals surface area contributed by atoms with Gasteiger partial charge in [-0.25, -0.2) is 8.96 Å². The number of phosphoric ester groups is 1. The molecule has 0 fully saturated rings. The van der Waals surface area contributed by atoms with Crippen molar-refractivity contribution in [3.8, 4) is 32.6 Å². The molecule has 9 nitrogen and oxygen atoms in total. The highest BCUT2D eigenvalue weighted by Gasteiger charge is 2.19. The Balaban J connectivity index is 1.73. The van der Waals surface area contributed by atoms with Gasteiger partial charge in [-0.05, 0) is 38.1 Å². The van der Waals surface area contributed by atoms with Crippen LogP contribution in [0.25, 0.3) is 21.1 Å². The molecule has 1 atom stereocenters. The van der Waals surface area contributed by atoms with Crippen molar-refractivity contribution < 1.29 is 32.7 Å². The van der Waals surface area contributed by atoms with E-state index in [-0.39, 0.29) is 23.5 Å². The minimum atomic E-state index is -4.66. The number of rotatable bonds is 10. The molecule has 0 saturated heterocycles. The van der Waals surface area contributed by atoms with Gasteiger partial charge in [0.15, 0.2) is 11.6 Å². The molecule has 0 spiro atoms. The summed E-state index contributed by atoms with van der Waals surface area (Å²) in [5.41, 5.74) is 6.69. The van der Waals surface area contributed by atoms with Crippen LogP contribution in [0, 0.1) is 5.82 Å². The molecule has 0 aliphatic carbocycles. The number of benzene rings is 2. The number of phosphoric acid groups is 1. The first-order valence-electron chi connectivity index (χ1n) is 9.81. The van der Waals surface area contributed by atoms with Crippen molar-refractivity contribution in [1.29, 1.82) is 0 Å². The molecule has 1 heterocycles. The molecule has 0 amide bonds. The molecular weight excluding hydrogens is 531 g/mol. The van der Waals surface area contributed by atoms with E-state index in [0.717, 1.165) is 6.07 Å². The molecular formula is C20H21Cl2FN3O6PS. The Labute approximate surface area is 208 Å². The van der Waals surface area contributed by atoms with Crippen molar-refractivity contribution in [2.45, 2.75) is 26.0 Å². The Morgan fingerprint density at radius 3 is 2.44 bits per heavy atom. The summed E-state index contributed by atoms with van der Waals surface area (Å²) in [6.07, 6.45) is -0.0238. The summed E-state index contributed by atoms with van der Waals surface area (Å²) in [4.78, 5) is 17.4. The maximum Gasteiger partial charge on any atom is 0.469 e. The summed E-state index contributed by atoms with van der Waals surface area (Å²) in [5, 5.41) is 9.79. The molecule has 3 aromatic rings. The Kier molecular flexibility index (Phi) is 8.88. The van der Waals surface area contributed by atoms with E-state index in [2.05, 4.69) is 14.7 Å². The number of hydrogen-bond donors (Lipinski definition) is 3. The highest BCUT2D eigenvalue weighted by Crippen LogP contribution is 2.39. The van der Waals surface area contributed by atoms with Crippen molar-refractivity contribution in [3.63, 3.8) is 0 Å². The second-order valence-corrected chi connectivity index (χ2v) is 10.4. The quantitative estimate of drug-likeness (QED) is 0.299. The van der Waals surface area contributed by atoms with Gasteiger partial charge in [-0.3, -0.25) is 4.52 Å². The minimum Gasteiger partial charge on any atom is -0.489 e. The molecule has 0 bridgehead atoms. The standard InChI is InChI=1S/C20H21Cl2FN3O6PS/c1-10(2)32-17-4-3-11(5-15(17)22)19-25-26-20(34-19)13-6-16(23)18(7-14(13)21)30-8-12(24)9-31-33(27,28)29/h3-7,10,12H,8-9,24H2,1-2H3,(H2,27,28,29). The number of hydrogen-bond acceptors (Lipinski definition) is 8. The van der Waals surface area contributed by atoms with E-state index < -0.39 is 26.3 Å². The van der Waals surface area contributed by atoms with Gasteiger partial charge in [0.2, 0.25) is 0 Å². The Bertz CT molecular complexity index is 1210. The zero-order chi connectivity index (χ0) is 25.0. The fourth-order valence-electron chi connectivity index (χ4n) is 2.67. The number of ether oxygens (including phenoxy) is 2. The van der Waals surface area contributed by atoms with E-state index in [1.165, 1.54) is 17.4 Å². The maximum absolute atomic E-state index is 14.6. The molecule has 0 radical (unpaired) electrons. The Hall–Kier alpha value is -1.82. The summed E-state index contributed by atoms with van der Waals surface area (Å²) in [7, 11) is -4.66. The molecule has 184 valence electrons. The van der Waals surface area contributed by atoms with Crippen LogP contribution in [0.2, 0.25) is 10.0 Å². The maximum atomic E-state index is 14.6. The van der Waals surface area contributed by atoms with Crippen molar-refractivity contribution in [3.05, 3.63) is 46.2 Å². The summed E-state index contributed by atoms with van der Waals surface area (Å²) in [6, 6.07) is 6.77. The van der Waals surface area contributed by atoms with Gasteiger partial charge in [0.25, 0.3) is 0 Å². The van der Waals surface area contributed by atoms with Crippen molar-refractivity contribution in [2.24, 2.45) is 5.73 Å². The SMILES string of the molecule is CC(C)Oc1ccc(-c2nnc(-c3cc(F)c(OCC(N)COP(=O)(O)O)cc3Cl)s2)cc1Cl. The number of nitrogens with zero attached hydrogens (tertiary/aromatic N) is 2. The predicted molar refractivity (Wildman–Crippen MR) is 128 cm³/mol. The van der Waals surface area contributed by atoms with Gasteiger partial charge >= 0.3 is 7.82 Å². The van der Waals surface area contributed by atoms with Crippen LogP contribution < -0.4 is 15.2 Å². The lowest BCUT2D eigenvalue weighted by Gasteiger charge is -2.15. The highest BCUT2D eigenvalue weighted by atomic mass is 35.5. The van der Waals surface area contributed by atoms with E-state index in [1.807, 2.05) is 13.8 Å². The van der Waals surface area contributed by atoms with Crippen LogP contribution in [0.4, 0.5) is 4.39 Å². The van der Waals surface area contributed by atoms with Crippen molar-refractivity contribution in [2.75, 3.05) is 13.2 Å². The van der Waals surface area contributed by atoms with E-state index in [0.29, 0.717) is 31.9 Å². The normalized spacial score (nSPS) is 12.7. The molecule has 0 saturated carbocycles. The Morgan fingerprint density at radius 2 is 1.79 bits per heavy atom. The molecule has 4 N–H and O–H groups in total. The fraction of sp³-hybridized carbons (Fsp3) is 0.300. The van der Waals surface area contributed by atoms with Gasteiger partial charge in [0.05, 0.1) is 28.8 Å². The molecule has 34 heavy (non-hydrogen) atoms. The zero-order valence-electron chi connectivity index (χ0n) is 17.9. The van der Waals surface area contributed by atoms with E-state index in [1.54, 1.807) is 18.2 Å². The second kappa shape index (κ2) is 11.3. The van der Waals surface area contributed by atoms with Crippen molar-refractivity contribution in [1.82, 2.24) is 10.2 Å². The Morgan fingerprint density at radius 1 is 1.09 bits per heavy atom. The summed E-state index contributed by atoms with van der Waals surface area (Å²) in [5.74, 6) is -0.353. The van der Waals surface area contributed by atoms with Crippen LogP contribution in [0.5, 0.6) is 11.5 Å². The van der Waals surface area contributed by atoms with Gasteiger partial charge in [-0.15, -0.1) is 10.2 Å². The zero-order valence-corrected chi connectivity index (χ0v) is 21.2. The van der Waals surface area contributed by atoms with Gasteiger partial charge in [0, 0.05) is 17.2 Å². The summed E-state index contributed by atoms with van der Waals surface area (Å²) < 4.78 is 40.5. The average molecular weight is 552 g/mol. The van der Waals surface area contributed by atoms with Gasteiger partial charge in [-0.2, -0.15) is 0 Å². The third-order valence-electron chi connectivity index (χ3n) is 4.13. The van der Waals surface area contributed by atoms with Crippen LogP contribution in [0.15, 0.2) is 30.3 Å². The fourth-order valence-corrected chi connectivity index (χ4v) is 4.45. The van der Waals surface area contributed by atoms with E-state index in [4.69, 9.17) is 48.2 Å². The second-order valence-electron chi connectivity index (χ2n) is 7.34. The van der Waals surface area contributed by atoms with E-state index in [9.17, 15) is 8.96 Å². The van der Waals surface area contributed by atoms with Crippen LogP contribution in [-0.4, -0.2) is 45.3 Å². The molecule has 14 heteroatoms. The predicted octanol–water partition coefficient (Wildman–Crippen LogP) is 4.92. The van der Waals surface area contributed by atoms with Crippen LogP contribution >= 0.6 is 42.4 Å². The van der Waals surface area contributed by atoms with Crippen LogP contribution in [0.3, 0.4) is 0 Å². The van der Waals surface area contributed by atoms with Crippen molar-refractivity contribution >= 4 is 42.4 Å². The molecule has 2 aromatic carbocycles. The highest BCUT2D eigenvalue weighted by molar-refractivity contribution is 7.46. The first kappa shape index (κ1) is 26.8. The third kappa shape index (κ3) is 7.34. The lowest BCUT2D eigenvalue weighted by atomic mass is 10.2. The number of aromatic nitrogens is 2. The van der Waals surface area contributed by atoms with Gasteiger partial charge in [-0.1, -0.05) is 34.5 Å². The monoisotopic (exact) mass is 551 g/mol. The molecule has 3 rings (SSSR count). The van der Waals surface area contributed by atoms with Gasteiger partial charge in [0.1, 0.15) is 22.4 Å².